The number of amides is 1. The van der Waals surface area contributed by atoms with Crippen molar-refractivity contribution in [3.63, 3.8) is 0 Å². The molecule has 0 saturated heterocycles. The van der Waals surface area contributed by atoms with Gasteiger partial charge in [-0.25, -0.2) is 5.01 Å². The molecule has 2 aliphatic rings. The molecule has 1 heterocycles. The first-order chi connectivity index (χ1) is 9.16. The lowest BCUT2D eigenvalue weighted by molar-refractivity contribution is -0.149. The van der Waals surface area contributed by atoms with Crippen molar-refractivity contribution in [2.45, 2.75) is 12.8 Å². The van der Waals surface area contributed by atoms with Gasteiger partial charge in [-0.3, -0.25) is 9.59 Å². The number of carbonyl (C=O) groups is 2. The average molecular weight is 258 g/mol. The number of hydrogen-bond donors (Lipinski definition) is 1. The number of benzene rings is 1. The number of hydrazone groups is 1. The van der Waals surface area contributed by atoms with Crippen LogP contribution in [0.25, 0.3) is 0 Å². The third-order valence-electron chi connectivity index (χ3n) is 3.78. The molecular weight excluding hydrogens is 244 g/mol. The zero-order valence-corrected chi connectivity index (χ0v) is 10.3. The summed E-state index contributed by atoms with van der Waals surface area (Å²) in [4.78, 5) is 22.9. The minimum Gasteiger partial charge on any atom is -0.480 e. The van der Waals surface area contributed by atoms with E-state index in [4.69, 9.17) is 5.11 Å². The Morgan fingerprint density at radius 3 is 2.53 bits per heavy atom. The fourth-order valence-electron chi connectivity index (χ4n) is 2.69. The van der Waals surface area contributed by atoms with E-state index in [1.54, 1.807) is 0 Å². The Bertz CT molecular complexity index is 553. The molecule has 19 heavy (non-hydrogen) atoms. The molecule has 3 rings (SSSR count). The van der Waals surface area contributed by atoms with Crippen molar-refractivity contribution in [2.24, 2.45) is 16.9 Å². The summed E-state index contributed by atoms with van der Waals surface area (Å²) in [6.45, 7) is -0.363. The number of rotatable bonds is 3. The molecule has 2 atom stereocenters. The Morgan fingerprint density at radius 2 is 1.95 bits per heavy atom. The van der Waals surface area contributed by atoms with Crippen LogP contribution in [0.2, 0.25) is 0 Å². The largest absolute Gasteiger partial charge is 0.480 e. The van der Waals surface area contributed by atoms with Crippen LogP contribution in [0.1, 0.15) is 18.4 Å². The second kappa shape index (κ2) is 4.50. The number of carboxylic acid groups (broad SMARTS) is 1. The Morgan fingerprint density at radius 1 is 1.26 bits per heavy atom. The maximum Gasteiger partial charge on any atom is 0.325 e. The third-order valence-corrected chi connectivity index (χ3v) is 3.78. The van der Waals surface area contributed by atoms with Crippen LogP contribution in [0.5, 0.6) is 0 Å². The molecule has 1 aliphatic heterocycles. The summed E-state index contributed by atoms with van der Waals surface area (Å²) in [6, 6.07) is 9.66. The summed E-state index contributed by atoms with van der Waals surface area (Å²) in [5.41, 5.74) is 1.82. The molecule has 5 heteroatoms. The van der Waals surface area contributed by atoms with E-state index in [0.717, 1.165) is 29.1 Å². The van der Waals surface area contributed by atoms with Crippen LogP contribution in [0.4, 0.5) is 0 Å². The van der Waals surface area contributed by atoms with Gasteiger partial charge in [0.05, 0.1) is 5.71 Å². The Kier molecular flexibility index (Phi) is 2.81. The van der Waals surface area contributed by atoms with E-state index in [1.807, 2.05) is 30.3 Å². The maximum atomic E-state index is 12.1. The summed E-state index contributed by atoms with van der Waals surface area (Å²) in [5.74, 6) is -1.13. The second-order valence-corrected chi connectivity index (χ2v) is 4.93. The van der Waals surface area contributed by atoms with E-state index >= 15 is 0 Å². The second-order valence-electron chi connectivity index (χ2n) is 4.93. The highest BCUT2D eigenvalue weighted by Gasteiger charge is 2.46. The molecule has 2 unspecified atom stereocenters. The summed E-state index contributed by atoms with van der Waals surface area (Å²) in [6.07, 6.45) is 1.77. The Balaban J connectivity index is 1.97. The van der Waals surface area contributed by atoms with E-state index in [0.29, 0.717) is 0 Å². The van der Waals surface area contributed by atoms with E-state index in [9.17, 15) is 9.59 Å². The molecule has 0 spiro atoms. The fraction of sp³-hybridized carbons (Fsp3) is 0.357. The molecule has 0 aromatic heterocycles. The van der Waals surface area contributed by atoms with Crippen LogP contribution in [0, 0.1) is 11.8 Å². The standard InChI is InChI=1S/C14H14N2O3/c17-12(18)8-16-14(19)11-7-6-10(11)13(15-16)9-4-2-1-3-5-9/h1-5,10-11H,6-8H2,(H,17,18). The normalized spacial score (nSPS) is 25.4. The van der Waals surface area contributed by atoms with Gasteiger partial charge >= 0.3 is 5.97 Å². The quantitative estimate of drug-likeness (QED) is 0.889. The van der Waals surface area contributed by atoms with Crippen molar-refractivity contribution in [2.75, 3.05) is 6.54 Å². The fourth-order valence-corrected chi connectivity index (χ4v) is 2.69. The molecule has 0 radical (unpaired) electrons. The van der Waals surface area contributed by atoms with E-state index in [-0.39, 0.29) is 24.3 Å². The zero-order valence-electron chi connectivity index (χ0n) is 10.3. The lowest BCUT2D eigenvalue weighted by Crippen LogP contribution is -2.50. The van der Waals surface area contributed by atoms with Crippen LogP contribution in [0.3, 0.4) is 0 Å². The zero-order chi connectivity index (χ0) is 13.4. The molecule has 1 fully saturated rings. The molecule has 1 aromatic carbocycles. The average Bonchev–Trinajstić information content (AvgIpc) is 2.34. The summed E-state index contributed by atoms with van der Waals surface area (Å²) >= 11 is 0. The van der Waals surface area contributed by atoms with Crippen LogP contribution in [-0.4, -0.2) is 34.2 Å². The first-order valence-electron chi connectivity index (χ1n) is 6.34. The molecule has 1 aliphatic carbocycles. The molecule has 5 nitrogen and oxygen atoms in total. The van der Waals surface area contributed by atoms with Crippen LogP contribution >= 0.6 is 0 Å². The van der Waals surface area contributed by atoms with Gasteiger partial charge in [0.25, 0.3) is 0 Å². The van der Waals surface area contributed by atoms with E-state index in [1.165, 1.54) is 0 Å². The highest BCUT2D eigenvalue weighted by molar-refractivity contribution is 6.07. The SMILES string of the molecule is O=C(O)CN1N=C(c2ccccc2)C2CCC2C1=O. The molecule has 1 amide bonds. The number of carbonyl (C=O) groups excluding carboxylic acids is 1. The van der Waals surface area contributed by atoms with Gasteiger partial charge in [0.15, 0.2) is 0 Å². The molecule has 1 N–H and O–H groups in total. The molecule has 1 aromatic rings. The van der Waals surface area contributed by atoms with Gasteiger partial charge in [-0.2, -0.15) is 5.10 Å². The van der Waals surface area contributed by atoms with Crippen molar-refractivity contribution in [1.82, 2.24) is 5.01 Å². The van der Waals surface area contributed by atoms with Crippen molar-refractivity contribution >= 4 is 17.6 Å². The summed E-state index contributed by atoms with van der Waals surface area (Å²) < 4.78 is 0. The lowest BCUT2D eigenvalue weighted by Gasteiger charge is -2.42. The van der Waals surface area contributed by atoms with Crippen LogP contribution < -0.4 is 0 Å². The van der Waals surface area contributed by atoms with Crippen LogP contribution in [-0.2, 0) is 9.59 Å². The number of fused-ring (bicyclic) bond motifs is 1. The topological polar surface area (TPSA) is 70.0 Å². The molecule has 1 saturated carbocycles. The predicted molar refractivity (Wildman–Crippen MR) is 68.5 cm³/mol. The minimum atomic E-state index is -1.04. The van der Waals surface area contributed by atoms with Gasteiger partial charge in [-0.05, 0) is 18.4 Å². The third kappa shape index (κ3) is 2.01. The van der Waals surface area contributed by atoms with Crippen molar-refractivity contribution in [1.29, 1.82) is 0 Å². The molecule has 98 valence electrons. The predicted octanol–water partition coefficient (Wildman–Crippen LogP) is 1.34. The van der Waals surface area contributed by atoms with Gasteiger partial charge in [0, 0.05) is 11.8 Å². The number of hydrogen-bond acceptors (Lipinski definition) is 3. The van der Waals surface area contributed by atoms with Crippen LogP contribution in [0.15, 0.2) is 35.4 Å². The van der Waals surface area contributed by atoms with Gasteiger partial charge in [0.1, 0.15) is 6.54 Å². The molecular formula is C14H14N2O3. The van der Waals surface area contributed by atoms with Crippen molar-refractivity contribution < 1.29 is 14.7 Å². The lowest BCUT2D eigenvalue weighted by atomic mass is 9.68. The van der Waals surface area contributed by atoms with Gasteiger partial charge in [0.2, 0.25) is 5.91 Å². The highest BCUT2D eigenvalue weighted by atomic mass is 16.4. The monoisotopic (exact) mass is 258 g/mol. The van der Waals surface area contributed by atoms with E-state index < -0.39 is 5.97 Å². The number of carboxylic acids is 1. The maximum absolute atomic E-state index is 12.1. The van der Waals surface area contributed by atoms with Gasteiger partial charge in [-0.1, -0.05) is 30.3 Å². The Hall–Kier alpha value is -2.17. The van der Waals surface area contributed by atoms with Gasteiger partial charge in [-0.15, -0.1) is 0 Å². The smallest absolute Gasteiger partial charge is 0.325 e. The Labute approximate surface area is 110 Å². The molecule has 0 bridgehead atoms. The minimum absolute atomic E-state index is 0.0907. The summed E-state index contributed by atoms with van der Waals surface area (Å²) in [5, 5.41) is 14.2. The van der Waals surface area contributed by atoms with E-state index in [2.05, 4.69) is 5.10 Å². The highest BCUT2D eigenvalue weighted by Crippen LogP contribution is 2.41. The van der Waals surface area contributed by atoms with Crippen molar-refractivity contribution in [3.8, 4) is 0 Å². The number of aliphatic carboxylic acids is 1. The van der Waals surface area contributed by atoms with Crippen molar-refractivity contribution in [3.05, 3.63) is 35.9 Å². The number of nitrogens with zero attached hydrogens (tertiary/aromatic N) is 2. The van der Waals surface area contributed by atoms with Gasteiger partial charge < -0.3 is 5.11 Å². The first-order valence-corrected chi connectivity index (χ1v) is 6.34. The first kappa shape index (κ1) is 11.9. The summed E-state index contributed by atoms with van der Waals surface area (Å²) in [7, 11) is 0.